The van der Waals surface area contributed by atoms with Crippen LogP contribution in [-0.4, -0.2) is 16.9 Å². The van der Waals surface area contributed by atoms with E-state index in [0.717, 1.165) is 45.5 Å². The molecule has 2 aromatic carbocycles. The van der Waals surface area contributed by atoms with Crippen LogP contribution in [0.3, 0.4) is 0 Å². The Hall–Kier alpha value is -2.10. The van der Waals surface area contributed by atoms with E-state index in [-0.39, 0.29) is 17.4 Å². The highest BCUT2D eigenvalue weighted by molar-refractivity contribution is 6.36. The molecule has 5 heteroatoms. The lowest BCUT2D eigenvalue weighted by molar-refractivity contribution is -0.0687. The molecule has 3 aromatic rings. The highest BCUT2D eigenvalue weighted by Crippen LogP contribution is 2.61. The van der Waals surface area contributed by atoms with Crippen molar-refractivity contribution in [3.05, 3.63) is 63.6 Å². The molecule has 7 rings (SSSR count). The Morgan fingerprint density at radius 1 is 1.03 bits per heavy atom. The van der Waals surface area contributed by atoms with E-state index in [0.29, 0.717) is 15.6 Å². The van der Waals surface area contributed by atoms with Crippen molar-refractivity contribution in [1.82, 2.24) is 10.3 Å². The molecule has 0 radical (unpaired) electrons. The van der Waals surface area contributed by atoms with Crippen LogP contribution < -0.4 is 5.32 Å². The molecule has 1 aromatic heterocycles. The maximum Gasteiger partial charge on any atom is 0.252 e. The zero-order valence-corrected chi connectivity index (χ0v) is 21.2. The summed E-state index contributed by atoms with van der Waals surface area (Å²) >= 11 is 12.7. The molecular formula is C29H30Cl2N2O. The molecule has 1 atom stereocenters. The molecule has 1 amide bonds. The second kappa shape index (κ2) is 8.24. The van der Waals surface area contributed by atoms with Crippen LogP contribution in [-0.2, 0) is 0 Å². The molecule has 1 N–H and O–H groups in total. The first-order valence-corrected chi connectivity index (χ1v) is 13.2. The first-order valence-electron chi connectivity index (χ1n) is 12.5. The number of nitrogens with one attached hydrogen (secondary N) is 1. The molecule has 34 heavy (non-hydrogen) atoms. The molecule has 176 valence electrons. The van der Waals surface area contributed by atoms with Gasteiger partial charge in [0.2, 0.25) is 0 Å². The molecule has 4 aliphatic rings. The fourth-order valence-electron chi connectivity index (χ4n) is 7.67. The fraction of sp³-hybridized carbons (Fsp3) is 0.448. The maximum absolute atomic E-state index is 13.9. The molecule has 0 spiro atoms. The number of para-hydroxylation sites is 1. The van der Waals surface area contributed by atoms with Gasteiger partial charge in [0, 0.05) is 22.0 Å². The van der Waals surface area contributed by atoms with Gasteiger partial charge < -0.3 is 5.32 Å². The predicted octanol–water partition coefficient (Wildman–Crippen LogP) is 7.85. The van der Waals surface area contributed by atoms with E-state index >= 15 is 0 Å². The fourth-order valence-corrected chi connectivity index (χ4v) is 8.17. The number of nitrogens with zero attached hydrogens (tertiary/aromatic N) is 1. The zero-order chi connectivity index (χ0) is 23.6. The number of fused-ring (bicyclic) bond motifs is 1. The number of pyridine rings is 1. The Morgan fingerprint density at radius 3 is 2.32 bits per heavy atom. The Labute approximate surface area is 211 Å². The van der Waals surface area contributed by atoms with E-state index in [1.54, 1.807) is 6.07 Å². The minimum absolute atomic E-state index is 0.00863. The first-order chi connectivity index (χ1) is 16.3. The van der Waals surface area contributed by atoms with Crippen molar-refractivity contribution < 1.29 is 4.79 Å². The van der Waals surface area contributed by atoms with Gasteiger partial charge in [-0.15, -0.1) is 0 Å². The van der Waals surface area contributed by atoms with Gasteiger partial charge in [-0.1, -0.05) is 41.4 Å². The van der Waals surface area contributed by atoms with Crippen LogP contribution in [0.4, 0.5) is 0 Å². The van der Waals surface area contributed by atoms with Gasteiger partial charge in [0.15, 0.2) is 0 Å². The number of hydrogen-bond acceptors (Lipinski definition) is 2. The van der Waals surface area contributed by atoms with Gasteiger partial charge in [-0.2, -0.15) is 0 Å². The lowest BCUT2D eigenvalue weighted by atomic mass is 9.48. The highest BCUT2D eigenvalue weighted by atomic mass is 35.5. The smallest absolute Gasteiger partial charge is 0.252 e. The van der Waals surface area contributed by atoms with Gasteiger partial charge in [0.05, 0.1) is 21.8 Å². The van der Waals surface area contributed by atoms with Crippen LogP contribution in [0.1, 0.15) is 61.4 Å². The summed E-state index contributed by atoms with van der Waals surface area (Å²) in [4.78, 5) is 18.8. The molecular weight excluding hydrogens is 463 g/mol. The van der Waals surface area contributed by atoms with Gasteiger partial charge in [0.1, 0.15) is 0 Å². The van der Waals surface area contributed by atoms with Crippen LogP contribution in [0.5, 0.6) is 0 Å². The number of carbonyl (C=O) groups excluding carboxylic acids is 1. The monoisotopic (exact) mass is 492 g/mol. The van der Waals surface area contributed by atoms with Gasteiger partial charge >= 0.3 is 0 Å². The summed E-state index contributed by atoms with van der Waals surface area (Å²) < 4.78 is 0. The number of halogens is 2. The first kappa shape index (κ1) is 22.4. The number of hydrogen-bond donors (Lipinski definition) is 1. The summed E-state index contributed by atoms with van der Waals surface area (Å²) in [6.45, 7) is 4.21. The second-order valence-electron chi connectivity index (χ2n) is 11.1. The van der Waals surface area contributed by atoms with Crippen molar-refractivity contribution >= 4 is 40.0 Å². The number of rotatable bonds is 4. The molecule has 4 aliphatic carbocycles. The predicted molar refractivity (Wildman–Crippen MR) is 139 cm³/mol. The van der Waals surface area contributed by atoms with E-state index in [1.165, 1.54) is 38.5 Å². The average Bonchev–Trinajstić information content (AvgIpc) is 2.78. The summed E-state index contributed by atoms with van der Waals surface area (Å²) in [6, 6.07) is 13.5. The molecule has 4 fully saturated rings. The van der Waals surface area contributed by atoms with Crippen molar-refractivity contribution in [2.24, 2.45) is 23.2 Å². The van der Waals surface area contributed by atoms with Gasteiger partial charge in [-0.05, 0) is 105 Å². The third-order valence-corrected chi connectivity index (χ3v) is 9.45. The van der Waals surface area contributed by atoms with Gasteiger partial charge in [-0.25, -0.2) is 4.98 Å². The molecule has 4 saturated carbocycles. The van der Waals surface area contributed by atoms with Crippen LogP contribution in [0, 0.1) is 30.1 Å². The van der Waals surface area contributed by atoms with E-state index in [2.05, 4.69) is 12.2 Å². The Bertz CT molecular complexity index is 1270. The van der Waals surface area contributed by atoms with E-state index in [9.17, 15) is 4.79 Å². The second-order valence-corrected chi connectivity index (χ2v) is 11.9. The Morgan fingerprint density at radius 2 is 1.68 bits per heavy atom. The van der Waals surface area contributed by atoms with E-state index in [1.807, 2.05) is 43.3 Å². The van der Waals surface area contributed by atoms with Crippen LogP contribution in [0.25, 0.3) is 22.2 Å². The third kappa shape index (κ3) is 3.63. The van der Waals surface area contributed by atoms with E-state index < -0.39 is 0 Å². The summed E-state index contributed by atoms with van der Waals surface area (Å²) in [5.41, 5.74) is 4.11. The zero-order valence-electron chi connectivity index (χ0n) is 19.7. The number of carbonyl (C=O) groups is 1. The molecule has 0 aliphatic heterocycles. The SMILES string of the molecule is Cc1c(-c2ccc(Cl)cc2Cl)nc2ccccc2c1C(=O)NC(C)C12CC3CC(CC(C3)C1)C2. The van der Waals surface area contributed by atoms with Gasteiger partial charge in [-0.3, -0.25) is 4.79 Å². The Balaban J connectivity index is 1.39. The molecule has 0 saturated heterocycles. The highest BCUT2D eigenvalue weighted by Gasteiger charge is 2.53. The molecule has 3 nitrogen and oxygen atoms in total. The van der Waals surface area contributed by atoms with Crippen molar-refractivity contribution in [3.63, 3.8) is 0 Å². The summed E-state index contributed by atoms with van der Waals surface area (Å²) in [7, 11) is 0. The topological polar surface area (TPSA) is 42.0 Å². The quantitative estimate of drug-likeness (QED) is 0.402. The van der Waals surface area contributed by atoms with Crippen LogP contribution >= 0.6 is 23.2 Å². The van der Waals surface area contributed by atoms with Crippen molar-refractivity contribution in [2.75, 3.05) is 0 Å². The third-order valence-electron chi connectivity index (χ3n) is 8.90. The number of benzene rings is 2. The lowest BCUT2D eigenvalue weighted by Crippen LogP contribution is -2.55. The van der Waals surface area contributed by atoms with E-state index in [4.69, 9.17) is 28.2 Å². The average molecular weight is 493 g/mol. The number of aromatic nitrogens is 1. The normalized spacial score (nSPS) is 28.3. The lowest BCUT2D eigenvalue weighted by Gasteiger charge is -2.59. The molecule has 1 unspecified atom stereocenters. The van der Waals surface area contributed by atoms with Crippen molar-refractivity contribution in [3.8, 4) is 11.3 Å². The summed E-state index contributed by atoms with van der Waals surface area (Å²) in [6.07, 6.45) is 8.00. The standard InChI is InChI=1S/C29H30Cl2N2O/c1-16-26(28(34)32-17(2)29-13-18-9-19(14-29)11-20(10-18)15-29)23-5-3-4-6-25(23)33-27(16)22-8-7-21(30)12-24(22)31/h3-8,12,17-20H,9-11,13-15H2,1-2H3,(H,32,34). The van der Waals surface area contributed by atoms with Crippen LogP contribution in [0.15, 0.2) is 42.5 Å². The summed E-state index contributed by atoms with van der Waals surface area (Å²) in [5.74, 6) is 2.55. The number of amides is 1. The Kier molecular flexibility index (Phi) is 5.42. The minimum Gasteiger partial charge on any atom is -0.349 e. The largest absolute Gasteiger partial charge is 0.349 e. The molecule has 4 bridgehead atoms. The van der Waals surface area contributed by atoms with Gasteiger partial charge in [0.25, 0.3) is 5.91 Å². The van der Waals surface area contributed by atoms with Crippen molar-refractivity contribution in [2.45, 2.75) is 58.4 Å². The minimum atomic E-state index is -0.00863. The van der Waals surface area contributed by atoms with Crippen molar-refractivity contribution in [1.29, 1.82) is 0 Å². The maximum atomic E-state index is 13.9. The summed E-state index contributed by atoms with van der Waals surface area (Å²) in [5, 5.41) is 5.46. The van der Waals surface area contributed by atoms with Crippen LogP contribution in [0.2, 0.25) is 10.0 Å². The molecule has 1 heterocycles.